The van der Waals surface area contributed by atoms with Gasteiger partial charge < -0.3 is 19.5 Å². The Bertz CT molecular complexity index is 1470. The number of nitrogens with zero attached hydrogens (tertiary/aromatic N) is 3. The van der Waals surface area contributed by atoms with Gasteiger partial charge >= 0.3 is 0 Å². The molecule has 0 bridgehead atoms. The third-order valence-corrected chi connectivity index (χ3v) is 6.51. The molecule has 2 atom stereocenters. The van der Waals surface area contributed by atoms with E-state index in [0.29, 0.717) is 28.2 Å². The summed E-state index contributed by atoms with van der Waals surface area (Å²) < 4.78 is 33.1. The molecule has 0 unspecified atom stereocenters. The molecule has 9 heteroatoms. The Balaban J connectivity index is 1.62. The molecule has 6 rings (SSSR count). The Morgan fingerprint density at radius 2 is 1.74 bits per heavy atom. The first-order chi connectivity index (χ1) is 17.1. The highest BCUT2D eigenvalue weighted by Crippen LogP contribution is 2.51. The van der Waals surface area contributed by atoms with Crippen molar-refractivity contribution in [1.29, 1.82) is 0 Å². The first-order valence-electron chi connectivity index (χ1n) is 10.9. The summed E-state index contributed by atoms with van der Waals surface area (Å²) >= 11 is 6.37. The van der Waals surface area contributed by atoms with Gasteiger partial charge in [0, 0.05) is 16.2 Å². The number of halogens is 2. The highest BCUT2D eigenvalue weighted by atomic mass is 35.5. The summed E-state index contributed by atoms with van der Waals surface area (Å²) in [6, 6.07) is 17.1. The normalized spacial score (nSPS) is 18.1. The van der Waals surface area contributed by atoms with Gasteiger partial charge in [0.25, 0.3) is 0 Å². The number of rotatable bonds is 4. The fourth-order valence-electron chi connectivity index (χ4n) is 4.70. The van der Waals surface area contributed by atoms with Crippen LogP contribution < -0.4 is 19.5 Å². The Kier molecular flexibility index (Phi) is 5.11. The van der Waals surface area contributed by atoms with E-state index in [9.17, 15) is 4.39 Å². The predicted molar refractivity (Wildman–Crippen MR) is 129 cm³/mol. The number of fused-ring (bicyclic) bond motifs is 3. The number of aromatic nitrogens is 3. The molecule has 3 aromatic carbocycles. The monoisotopic (exact) mass is 490 g/mol. The predicted octanol–water partition coefficient (Wildman–Crippen LogP) is 5.65. The van der Waals surface area contributed by atoms with Crippen LogP contribution in [-0.4, -0.2) is 29.0 Å². The standard InChI is InChI=1S/C26H20ClFN4O3/c1-33-20-9-5-15(11-21(20)34-2)24-22-23(31-26-29-13-30-32(24)26)18-12-16(27)6-10-19(18)35-25(22)14-3-7-17(28)8-4-14/h3-13,24-25H,1-2H3,(H,29,30,31)/t24-,25-/m0/s1. The molecule has 1 aromatic heterocycles. The van der Waals surface area contributed by atoms with Crippen LogP contribution in [0.3, 0.4) is 0 Å². The molecule has 3 heterocycles. The van der Waals surface area contributed by atoms with Gasteiger partial charge in [0.1, 0.15) is 30.0 Å². The Morgan fingerprint density at radius 3 is 2.51 bits per heavy atom. The number of hydrogen-bond donors (Lipinski definition) is 1. The van der Waals surface area contributed by atoms with Gasteiger partial charge in [-0.15, -0.1) is 0 Å². The fraction of sp³-hybridized carbons (Fsp3) is 0.154. The Hall–Kier alpha value is -4.04. The number of anilines is 1. The first kappa shape index (κ1) is 21.5. The van der Waals surface area contributed by atoms with Crippen molar-refractivity contribution < 1.29 is 18.6 Å². The lowest BCUT2D eigenvalue weighted by Crippen LogP contribution is -2.32. The van der Waals surface area contributed by atoms with E-state index in [-0.39, 0.29) is 5.82 Å². The quantitative estimate of drug-likeness (QED) is 0.399. The Labute approximate surface area is 205 Å². The van der Waals surface area contributed by atoms with Crippen molar-refractivity contribution in [2.45, 2.75) is 12.1 Å². The lowest BCUT2D eigenvalue weighted by atomic mass is 9.84. The largest absolute Gasteiger partial charge is 0.493 e. The summed E-state index contributed by atoms with van der Waals surface area (Å²) in [6.07, 6.45) is 0.975. The van der Waals surface area contributed by atoms with Gasteiger partial charge in [-0.1, -0.05) is 29.8 Å². The van der Waals surface area contributed by atoms with E-state index >= 15 is 0 Å². The van der Waals surface area contributed by atoms with Crippen LogP contribution in [0, 0.1) is 5.82 Å². The zero-order valence-corrected chi connectivity index (χ0v) is 19.6. The summed E-state index contributed by atoms with van der Waals surface area (Å²) in [5.41, 5.74) is 4.21. The molecule has 7 nitrogen and oxygen atoms in total. The third kappa shape index (κ3) is 3.49. The second kappa shape index (κ2) is 8.32. The summed E-state index contributed by atoms with van der Waals surface area (Å²) in [5, 5.41) is 8.52. The van der Waals surface area contributed by atoms with Crippen LogP contribution in [-0.2, 0) is 0 Å². The molecular weight excluding hydrogens is 471 g/mol. The van der Waals surface area contributed by atoms with Gasteiger partial charge in [-0.2, -0.15) is 10.1 Å². The second-order valence-corrected chi connectivity index (χ2v) is 8.63. The number of hydrogen-bond acceptors (Lipinski definition) is 6. The smallest absolute Gasteiger partial charge is 0.226 e. The minimum atomic E-state index is -0.526. The first-order valence-corrected chi connectivity index (χ1v) is 11.3. The maximum Gasteiger partial charge on any atom is 0.226 e. The van der Waals surface area contributed by atoms with E-state index in [2.05, 4.69) is 15.4 Å². The molecule has 0 amide bonds. The maximum atomic E-state index is 13.8. The molecule has 0 saturated heterocycles. The highest BCUT2D eigenvalue weighted by Gasteiger charge is 2.41. The van der Waals surface area contributed by atoms with Gasteiger partial charge in [-0.3, -0.25) is 0 Å². The van der Waals surface area contributed by atoms with Crippen molar-refractivity contribution in [2.75, 3.05) is 19.5 Å². The Morgan fingerprint density at radius 1 is 0.971 bits per heavy atom. The third-order valence-electron chi connectivity index (χ3n) is 6.27. The van der Waals surface area contributed by atoms with Crippen LogP contribution in [0.15, 0.2) is 72.6 Å². The van der Waals surface area contributed by atoms with Crippen LogP contribution in [0.1, 0.15) is 28.8 Å². The second-order valence-electron chi connectivity index (χ2n) is 8.19. The molecule has 0 spiro atoms. The minimum Gasteiger partial charge on any atom is -0.493 e. The molecule has 2 aliphatic rings. The van der Waals surface area contributed by atoms with Gasteiger partial charge in [-0.25, -0.2) is 9.07 Å². The van der Waals surface area contributed by atoms with E-state index in [1.807, 2.05) is 30.3 Å². The number of benzene rings is 3. The summed E-state index contributed by atoms with van der Waals surface area (Å²) in [6.45, 7) is 0. The SMILES string of the molecule is COc1ccc([C@H]2C3=C(Nc4ncnn42)c2cc(Cl)ccc2O[C@H]3c2ccc(F)cc2)cc1OC. The molecule has 4 aromatic rings. The molecule has 1 N–H and O–H groups in total. The van der Waals surface area contributed by atoms with Crippen LogP contribution in [0.25, 0.3) is 5.70 Å². The van der Waals surface area contributed by atoms with Gasteiger partial charge in [0.15, 0.2) is 11.5 Å². The lowest BCUT2D eigenvalue weighted by Gasteiger charge is -2.39. The van der Waals surface area contributed by atoms with Crippen LogP contribution in [0.5, 0.6) is 17.2 Å². The zero-order chi connectivity index (χ0) is 24.1. The molecule has 35 heavy (non-hydrogen) atoms. The van der Waals surface area contributed by atoms with Crippen molar-refractivity contribution in [1.82, 2.24) is 14.8 Å². The van der Waals surface area contributed by atoms with E-state index in [1.54, 1.807) is 37.1 Å². The summed E-state index contributed by atoms with van der Waals surface area (Å²) in [4.78, 5) is 4.43. The molecule has 0 fully saturated rings. The van der Waals surface area contributed by atoms with Gasteiger partial charge in [0.05, 0.1) is 19.9 Å². The van der Waals surface area contributed by atoms with Crippen molar-refractivity contribution in [3.05, 3.63) is 100 Å². The summed E-state index contributed by atoms with van der Waals surface area (Å²) in [5.74, 6) is 2.13. The fourth-order valence-corrected chi connectivity index (χ4v) is 4.87. The molecule has 2 aliphatic heterocycles. The lowest BCUT2D eigenvalue weighted by molar-refractivity contribution is 0.223. The number of methoxy groups -OCH3 is 2. The summed E-state index contributed by atoms with van der Waals surface area (Å²) in [7, 11) is 3.19. The van der Waals surface area contributed by atoms with E-state index in [1.165, 1.54) is 18.5 Å². The average Bonchev–Trinajstić information content (AvgIpc) is 3.35. The van der Waals surface area contributed by atoms with Gasteiger partial charge in [-0.05, 0) is 53.6 Å². The van der Waals surface area contributed by atoms with E-state index in [4.69, 9.17) is 25.8 Å². The van der Waals surface area contributed by atoms with Crippen molar-refractivity contribution in [2.24, 2.45) is 0 Å². The van der Waals surface area contributed by atoms with Crippen LogP contribution >= 0.6 is 11.6 Å². The van der Waals surface area contributed by atoms with Crippen molar-refractivity contribution in [3.63, 3.8) is 0 Å². The zero-order valence-electron chi connectivity index (χ0n) is 18.8. The maximum absolute atomic E-state index is 13.8. The average molecular weight is 491 g/mol. The number of ether oxygens (including phenoxy) is 3. The van der Waals surface area contributed by atoms with Crippen LogP contribution in [0.4, 0.5) is 10.3 Å². The number of nitrogens with one attached hydrogen (secondary N) is 1. The molecular formula is C26H20ClFN4O3. The van der Waals surface area contributed by atoms with E-state index < -0.39 is 12.1 Å². The van der Waals surface area contributed by atoms with E-state index in [0.717, 1.165) is 28.0 Å². The minimum absolute atomic E-state index is 0.317. The van der Waals surface area contributed by atoms with Crippen LogP contribution in [0.2, 0.25) is 5.02 Å². The molecule has 0 radical (unpaired) electrons. The molecule has 0 aliphatic carbocycles. The highest BCUT2D eigenvalue weighted by molar-refractivity contribution is 6.30. The van der Waals surface area contributed by atoms with Crippen molar-refractivity contribution >= 4 is 23.2 Å². The topological polar surface area (TPSA) is 70.4 Å². The molecule has 176 valence electrons. The molecule has 0 saturated carbocycles. The van der Waals surface area contributed by atoms with Gasteiger partial charge in [0.2, 0.25) is 5.95 Å². The van der Waals surface area contributed by atoms with Crippen molar-refractivity contribution in [3.8, 4) is 17.2 Å².